The molecule has 4 aliphatic heterocycles. The third-order valence-corrected chi connectivity index (χ3v) is 12.3. The maximum atomic E-state index is 14.1. The third-order valence-electron chi connectivity index (χ3n) is 12.3. The number of carbonyl (C=O) groups is 5. The average Bonchev–Trinajstić information content (AvgIpc) is 3.51. The number of amides is 5. The first-order chi connectivity index (χ1) is 29.8. The van der Waals surface area contributed by atoms with Crippen molar-refractivity contribution in [2.75, 3.05) is 62.4 Å². The number of para-hydroxylation sites is 1. The van der Waals surface area contributed by atoms with Gasteiger partial charge in [-0.3, -0.25) is 34.2 Å². The van der Waals surface area contributed by atoms with Gasteiger partial charge < -0.3 is 30.5 Å². The van der Waals surface area contributed by atoms with Crippen LogP contribution in [-0.2, 0) is 15.8 Å². The standard InChI is InChI=1S/C45H47F3N8O6/c1-49-41(58)31-5-3-4-6-34(31)51-36-23-39(50-24-33(36)45(46,47)48)52-35-10-8-29(22-38(35)62-2)55-19-13-26(14-20-55)25-54-17-15-27(16-18-54)28-7-9-30-32(21-28)44(61)56(43(30)60)37-11-12-40(57)53-42(37)59/h3-10,21-24,26-27,37H,11-20,25H2,1-2H3,(H,49,58)(H2,50,51,52)(H,53,57,59). The van der Waals surface area contributed by atoms with E-state index < -0.39 is 47.3 Å². The van der Waals surface area contributed by atoms with Gasteiger partial charge in [-0.1, -0.05) is 18.2 Å². The summed E-state index contributed by atoms with van der Waals surface area (Å²) in [5, 5.41) is 10.6. The highest BCUT2D eigenvalue weighted by Crippen LogP contribution is 2.40. The molecule has 4 N–H and O–H groups in total. The quantitative estimate of drug-likeness (QED) is 0.123. The zero-order chi connectivity index (χ0) is 43.7. The second-order valence-electron chi connectivity index (χ2n) is 16.1. The van der Waals surface area contributed by atoms with Crippen LogP contribution in [0.4, 0.5) is 41.7 Å². The Morgan fingerprint density at radius 2 is 1.58 bits per heavy atom. The number of halogens is 3. The van der Waals surface area contributed by atoms with Crippen LogP contribution in [0.5, 0.6) is 5.75 Å². The van der Waals surface area contributed by atoms with E-state index in [9.17, 15) is 37.1 Å². The van der Waals surface area contributed by atoms with Gasteiger partial charge in [0, 0.05) is 57.1 Å². The Kier molecular flexibility index (Phi) is 11.9. The molecule has 0 bridgehead atoms. The van der Waals surface area contributed by atoms with E-state index >= 15 is 0 Å². The molecular weight excluding hydrogens is 806 g/mol. The van der Waals surface area contributed by atoms with Gasteiger partial charge in [-0.25, -0.2) is 4.98 Å². The smallest absolute Gasteiger partial charge is 0.419 e. The van der Waals surface area contributed by atoms with Gasteiger partial charge in [0.2, 0.25) is 11.8 Å². The number of benzene rings is 3. The highest BCUT2D eigenvalue weighted by Gasteiger charge is 2.45. The molecule has 5 amide bonds. The van der Waals surface area contributed by atoms with Gasteiger partial charge in [-0.15, -0.1) is 0 Å². The Hall–Kier alpha value is -6.49. The maximum absolute atomic E-state index is 14.1. The number of anilines is 5. The zero-order valence-electron chi connectivity index (χ0n) is 34.3. The molecule has 324 valence electrons. The van der Waals surface area contributed by atoms with Crippen LogP contribution in [0.15, 0.2) is 72.9 Å². The largest absolute Gasteiger partial charge is 0.494 e. The minimum Gasteiger partial charge on any atom is -0.494 e. The number of methoxy groups -OCH3 is 1. The number of rotatable bonds is 11. The molecule has 14 nitrogen and oxygen atoms in total. The molecule has 3 fully saturated rings. The molecule has 17 heteroatoms. The van der Waals surface area contributed by atoms with Crippen molar-refractivity contribution in [3.8, 4) is 5.75 Å². The van der Waals surface area contributed by atoms with Crippen molar-refractivity contribution in [1.29, 1.82) is 0 Å². The molecule has 0 saturated carbocycles. The van der Waals surface area contributed by atoms with Gasteiger partial charge in [0.05, 0.1) is 46.4 Å². The van der Waals surface area contributed by atoms with Crippen LogP contribution >= 0.6 is 0 Å². The Morgan fingerprint density at radius 3 is 2.29 bits per heavy atom. The van der Waals surface area contributed by atoms with Crippen LogP contribution in [0.2, 0.25) is 0 Å². The predicted molar refractivity (Wildman–Crippen MR) is 225 cm³/mol. The van der Waals surface area contributed by atoms with Gasteiger partial charge >= 0.3 is 6.18 Å². The second-order valence-corrected chi connectivity index (χ2v) is 16.1. The summed E-state index contributed by atoms with van der Waals surface area (Å²) in [5.74, 6) is -1.06. The van der Waals surface area contributed by atoms with Crippen LogP contribution in [0.1, 0.15) is 86.6 Å². The van der Waals surface area contributed by atoms with Crippen molar-refractivity contribution < 1.29 is 41.9 Å². The summed E-state index contributed by atoms with van der Waals surface area (Å²) >= 11 is 0. The second kappa shape index (κ2) is 17.5. The van der Waals surface area contributed by atoms with Crippen LogP contribution in [-0.4, -0.2) is 97.2 Å². The Balaban J connectivity index is 0.850. The minimum absolute atomic E-state index is 0.0769. The Labute approximate surface area is 356 Å². The molecule has 3 saturated heterocycles. The van der Waals surface area contributed by atoms with E-state index in [2.05, 4.69) is 36.1 Å². The fraction of sp³-hybridized carbons (Fsp3) is 0.378. The number of likely N-dealkylation sites (tertiary alicyclic amines) is 1. The number of carbonyl (C=O) groups excluding carboxylic acids is 5. The number of nitrogens with one attached hydrogen (secondary N) is 4. The third kappa shape index (κ3) is 8.66. The van der Waals surface area contributed by atoms with Crippen molar-refractivity contribution in [1.82, 2.24) is 25.4 Å². The number of nitrogens with zero attached hydrogens (tertiary/aromatic N) is 4. The van der Waals surface area contributed by atoms with Crippen LogP contribution in [0.25, 0.3) is 0 Å². The number of hydrogen-bond acceptors (Lipinski definition) is 11. The van der Waals surface area contributed by atoms with Gasteiger partial charge in [0.1, 0.15) is 17.6 Å². The van der Waals surface area contributed by atoms with Crippen molar-refractivity contribution in [2.24, 2.45) is 5.92 Å². The first-order valence-corrected chi connectivity index (χ1v) is 20.7. The topological polar surface area (TPSA) is 165 Å². The van der Waals surface area contributed by atoms with Crippen LogP contribution in [0.3, 0.4) is 0 Å². The summed E-state index contributed by atoms with van der Waals surface area (Å²) in [7, 11) is 2.98. The minimum atomic E-state index is -4.70. The van der Waals surface area contributed by atoms with E-state index in [1.165, 1.54) is 32.4 Å². The van der Waals surface area contributed by atoms with Crippen LogP contribution < -0.4 is 30.9 Å². The lowest BCUT2D eigenvalue weighted by atomic mass is 9.87. The fourth-order valence-corrected chi connectivity index (χ4v) is 8.97. The summed E-state index contributed by atoms with van der Waals surface area (Å²) in [5.41, 5.74) is 2.25. The molecule has 5 heterocycles. The van der Waals surface area contributed by atoms with E-state index in [1.54, 1.807) is 18.2 Å². The molecule has 4 aliphatic rings. The first-order valence-electron chi connectivity index (χ1n) is 20.7. The monoisotopic (exact) mass is 852 g/mol. The van der Waals surface area contributed by atoms with Gasteiger partial charge in [-0.2, -0.15) is 13.2 Å². The van der Waals surface area contributed by atoms with Gasteiger partial charge in [0.25, 0.3) is 17.7 Å². The van der Waals surface area contributed by atoms with E-state index in [1.807, 2.05) is 30.3 Å². The molecular formula is C45H47F3N8O6. The zero-order valence-corrected chi connectivity index (χ0v) is 34.3. The molecule has 62 heavy (non-hydrogen) atoms. The number of aromatic nitrogens is 1. The number of imide groups is 2. The summed E-state index contributed by atoms with van der Waals surface area (Å²) in [6.07, 6.45) is 0.0877. The highest BCUT2D eigenvalue weighted by molar-refractivity contribution is 6.23. The van der Waals surface area contributed by atoms with E-state index in [0.29, 0.717) is 28.5 Å². The summed E-state index contributed by atoms with van der Waals surface area (Å²) < 4.78 is 47.9. The van der Waals surface area contributed by atoms with Crippen molar-refractivity contribution in [3.63, 3.8) is 0 Å². The number of piperidine rings is 3. The lowest BCUT2D eigenvalue weighted by molar-refractivity contribution is -0.137. The number of alkyl halides is 3. The summed E-state index contributed by atoms with van der Waals surface area (Å²) in [6, 6.07) is 17.7. The molecule has 1 atom stereocenters. The van der Waals surface area contributed by atoms with Gasteiger partial charge in [-0.05, 0) is 99.0 Å². The van der Waals surface area contributed by atoms with Crippen molar-refractivity contribution in [3.05, 3.63) is 101 Å². The average molecular weight is 853 g/mol. The maximum Gasteiger partial charge on any atom is 0.419 e. The molecule has 8 rings (SSSR count). The van der Waals surface area contributed by atoms with Gasteiger partial charge in [0.15, 0.2) is 0 Å². The summed E-state index contributed by atoms with van der Waals surface area (Å²) in [4.78, 5) is 72.9. The lowest BCUT2D eigenvalue weighted by Gasteiger charge is -2.38. The molecule has 0 radical (unpaired) electrons. The molecule has 4 aromatic rings. The van der Waals surface area contributed by atoms with Crippen molar-refractivity contribution in [2.45, 2.75) is 56.7 Å². The molecule has 0 aliphatic carbocycles. The summed E-state index contributed by atoms with van der Waals surface area (Å²) in [6.45, 7) is 4.51. The first kappa shape index (κ1) is 42.2. The number of fused-ring (bicyclic) bond motifs is 1. The van der Waals surface area contributed by atoms with E-state index in [4.69, 9.17) is 4.74 Å². The SMILES string of the molecule is CNC(=O)c1ccccc1Nc1cc(Nc2ccc(N3CCC(CN4CCC(c5ccc6c(c5)C(=O)N(C5CCC(=O)NC5=O)C6=O)CC4)CC3)cc2OC)ncc1C(F)(F)F. The van der Waals surface area contributed by atoms with Crippen molar-refractivity contribution >= 4 is 58.1 Å². The Morgan fingerprint density at radius 1 is 0.839 bits per heavy atom. The molecule has 1 unspecified atom stereocenters. The predicted octanol–water partition coefficient (Wildman–Crippen LogP) is 6.45. The molecule has 1 aromatic heterocycles. The molecule has 3 aromatic carbocycles. The molecule has 0 spiro atoms. The lowest BCUT2D eigenvalue weighted by Crippen LogP contribution is -2.54. The normalized spacial score (nSPS) is 19.0. The van der Waals surface area contributed by atoms with E-state index in [0.717, 1.165) is 80.8 Å². The van der Waals surface area contributed by atoms with E-state index in [-0.39, 0.29) is 41.5 Å². The highest BCUT2D eigenvalue weighted by atomic mass is 19.4. The van der Waals surface area contributed by atoms with Crippen LogP contribution in [0, 0.1) is 5.92 Å². The number of pyridine rings is 1. The number of hydrogen-bond donors (Lipinski definition) is 4. The fourth-order valence-electron chi connectivity index (χ4n) is 8.97. The number of ether oxygens (including phenoxy) is 1. The Bertz CT molecular complexity index is 2410.